The molecule has 0 bridgehead atoms. The van der Waals surface area contributed by atoms with E-state index < -0.39 is 0 Å². The zero-order valence-corrected chi connectivity index (χ0v) is 14.1. The van der Waals surface area contributed by atoms with Gasteiger partial charge in [-0.05, 0) is 50.4 Å². The van der Waals surface area contributed by atoms with Crippen LogP contribution < -0.4 is 10.2 Å². The van der Waals surface area contributed by atoms with Crippen LogP contribution in [0, 0.1) is 11.7 Å². The summed E-state index contributed by atoms with van der Waals surface area (Å²) in [5, 5.41) is 3.22. The maximum atomic E-state index is 14.2. The van der Waals surface area contributed by atoms with Gasteiger partial charge in [0.05, 0.1) is 12.2 Å². The topological polar surface area (TPSA) is 52.7 Å². The molecule has 1 N–H and O–H groups in total. The van der Waals surface area contributed by atoms with Crippen LogP contribution in [0.25, 0.3) is 0 Å². The molecule has 1 aliphatic carbocycles. The second-order valence-electron chi connectivity index (χ2n) is 6.66. The van der Waals surface area contributed by atoms with Gasteiger partial charge in [-0.15, -0.1) is 0 Å². The van der Waals surface area contributed by atoms with E-state index in [1.54, 1.807) is 12.1 Å². The Balaban J connectivity index is 1.50. The van der Waals surface area contributed by atoms with Crippen LogP contribution in [0.15, 0.2) is 18.2 Å². The maximum Gasteiger partial charge on any atom is 0.236 e. The SMILES string of the molecule is CC(=O)c1ccc(N2CCN(C(=O)CNCC3CC3)CC2)c(F)c1. The number of Topliss-reactive ketones (excluding diaryl/α,β-unsaturated/α-hetero) is 1. The van der Waals surface area contributed by atoms with Gasteiger partial charge in [0, 0.05) is 31.7 Å². The van der Waals surface area contributed by atoms with E-state index in [2.05, 4.69) is 5.32 Å². The second kappa shape index (κ2) is 7.30. The molecule has 6 heteroatoms. The summed E-state index contributed by atoms with van der Waals surface area (Å²) in [6, 6.07) is 4.60. The highest BCUT2D eigenvalue weighted by atomic mass is 19.1. The van der Waals surface area contributed by atoms with E-state index in [4.69, 9.17) is 0 Å². The predicted octanol–water partition coefficient (Wildman–Crippen LogP) is 1.68. The first-order chi connectivity index (χ1) is 11.5. The van der Waals surface area contributed by atoms with Gasteiger partial charge in [0.25, 0.3) is 0 Å². The maximum absolute atomic E-state index is 14.2. The Kier molecular flexibility index (Phi) is 5.14. The van der Waals surface area contributed by atoms with E-state index in [9.17, 15) is 14.0 Å². The van der Waals surface area contributed by atoms with Crippen molar-refractivity contribution in [2.75, 3.05) is 44.2 Å². The molecule has 2 fully saturated rings. The fraction of sp³-hybridized carbons (Fsp3) is 0.556. The van der Waals surface area contributed by atoms with Crippen LogP contribution in [0.5, 0.6) is 0 Å². The third-order valence-electron chi connectivity index (χ3n) is 4.73. The fourth-order valence-electron chi connectivity index (χ4n) is 3.00. The molecule has 1 saturated heterocycles. The molecule has 1 aromatic rings. The van der Waals surface area contributed by atoms with Gasteiger partial charge in [0.1, 0.15) is 5.82 Å². The number of anilines is 1. The van der Waals surface area contributed by atoms with E-state index in [-0.39, 0.29) is 17.5 Å². The van der Waals surface area contributed by atoms with E-state index in [1.165, 1.54) is 25.8 Å². The zero-order chi connectivity index (χ0) is 17.1. The largest absolute Gasteiger partial charge is 0.366 e. The molecule has 5 nitrogen and oxygen atoms in total. The summed E-state index contributed by atoms with van der Waals surface area (Å²) in [6.45, 7) is 5.14. The number of ketones is 1. The smallest absolute Gasteiger partial charge is 0.236 e. The molecule has 1 amide bonds. The Morgan fingerprint density at radius 1 is 1.21 bits per heavy atom. The number of nitrogens with one attached hydrogen (secondary N) is 1. The summed E-state index contributed by atoms with van der Waals surface area (Å²) in [6.07, 6.45) is 2.54. The van der Waals surface area contributed by atoms with E-state index in [0.717, 1.165) is 12.5 Å². The standard InChI is InChI=1S/C18H24FN3O2/c1-13(23)15-4-5-17(16(19)10-15)21-6-8-22(9-7-21)18(24)12-20-11-14-2-3-14/h4-5,10,14,20H,2-3,6-9,11-12H2,1H3. The number of carbonyl (C=O) groups excluding carboxylic acids is 2. The zero-order valence-electron chi connectivity index (χ0n) is 14.1. The molecule has 0 aromatic heterocycles. The van der Waals surface area contributed by atoms with Crippen molar-refractivity contribution in [1.82, 2.24) is 10.2 Å². The molecular weight excluding hydrogens is 309 g/mol. The van der Waals surface area contributed by atoms with Gasteiger partial charge in [-0.25, -0.2) is 4.39 Å². The van der Waals surface area contributed by atoms with Crippen LogP contribution in [-0.2, 0) is 4.79 Å². The van der Waals surface area contributed by atoms with Crippen molar-refractivity contribution in [3.8, 4) is 0 Å². The average molecular weight is 333 g/mol. The molecule has 1 heterocycles. The van der Waals surface area contributed by atoms with Crippen molar-refractivity contribution in [1.29, 1.82) is 0 Å². The highest BCUT2D eigenvalue weighted by Crippen LogP contribution is 2.27. The lowest BCUT2D eigenvalue weighted by atomic mass is 10.1. The molecule has 1 saturated carbocycles. The van der Waals surface area contributed by atoms with Gasteiger partial charge < -0.3 is 15.1 Å². The Labute approximate surface area is 141 Å². The van der Waals surface area contributed by atoms with Crippen LogP contribution in [0.1, 0.15) is 30.1 Å². The summed E-state index contributed by atoms with van der Waals surface area (Å²) in [4.78, 5) is 27.2. The lowest BCUT2D eigenvalue weighted by Gasteiger charge is -2.36. The third kappa shape index (κ3) is 4.12. The molecule has 0 radical (unpaired) electrons. The molecule has 0 unspecified atom stereocenters. The highest BCUT2D eigenvalue weighted by molar-refractivity contribution is 5.94. The number of halogens is 1. The van der Waals surface area contributed by atoms with Gasteiger partial charge >= 0.3 is 0 Å². The number of nitrogens with zero attached hydrogens (tertiary/aromatic N) is 2. The summed E-state index contributed by atoms with van der Waals surface area (Å²) in [5.74, 6) is 0.349. The van der Waals surface area contributed by atoms with Crippen molar-refractivity contribution >= 4 is 17.4 Å². The number of carbonyl (C=O) groups is 2. The quantitative estimate of drug-likeness (QED) is 0.805. The van der Waals surface area contributed by atoms with Crippen molar-refractivity contribution < 1.29 is 14.0 Å². The molecule has 0 atom stereocenters. The first kappa shape index (κ1) is 16.9. The first-order valence-electron chi connectivity index (χ1n) is 8.58. The van der Waals surface area contributed by atoms with Gasteiger partial charge in [0.2, 0.25) is 5.91 Å². The van der Waals surface area contributed by atoms with Crippen LogP contribution in [0.3, 0.4) is 0 Å². The lowest BCUT2D eigenvalue weighted by molar-refractivity contribution is -0.130. The number of amides is 1. The molecule has 2 aliphatic rings. The van der Waals surface area contributed by atoms with Gasteiger partial charge in [-0.3, -0.25) is 9.59 Å². The predicted molar refractivity (Wildman–Crippen MR) is 90.8 cm³/mol. The molecule has 3 rings (SSSR count). The summed E-state index contributed by atoms with van der Waals surface area (Å²) >= 11 is 0. The molecule has 24 heavy (non-hydrogen) atoms. The van der Waals surface area contributed by atoms with Gasteiger partial charge in [-0.2, -0.15) is 0 Å². The minimum Gasteiger partial charge on any atom is -0.366 e. The monoisotopic (exact) mass is 333 g/mol. The second-order valence-corrected chi connectivity index (χ2v) is 6.66. The van der Waals surface area contributed by atoms with E-state index in [1.807, 2.05) is 9.80 Å². The Morgan fingerprint density at radius 3 is 2.50 bits per heavy atom. The van der Waals surface area contributed by atoms with E-state index in [0.29, 0.717) is 44.0 Å². The summed E-state index contributed by atoms with van der Waals surface area (Å²) < 4.78 is 14.2. The number of piperazine rings is 1. The number of rotatable bonds is 6. The average Bonchev–Trinajstić information content (AvgIpc) is 3.39. The van der Waals surface area contributed by atoms with Crippen molar-refractivity contribution in [2.45, 2.75) is 19.8 Å². The van der Waals surface area contributed by atoms with Gasteiger partial charge in [-0.1, -0.05) is 0 Å². The van der Waals surface area contributed by atoms with Crippen LogP contribution in [0.2, 0.25) is 0 Å². The summed E-state index contributed by atoms with van der Waals surface area (Å²) in [5.41, 5.74) is 0.880. The van der Waals surface area contributed by atoms with Gasteiger partial charge in [0.15, 0.2) is 5.78 Å². The molecule has 130 valence electrons. The number of benzene rings is 1. The van der Waals surface area contributed by atoms with Crippen LogP contribution in [0.4, 0.5) is 10.1 Å². The highest BCUT2D eigenvalue weighted by Gasteiger charge is 2.24. The normalized spacial score (nSPS) is 17.9. The third-order valence-corrected chi connectivity index (χ3v) is 4.73. The Morgan fingerprint density at radius 2 is 1.92 bits per heavy atom. The van der Waals surface area contributed by atoms with Crippen molar-refractivity contribution in [3.05, 3.63) is 29.6 Å². The molecule has 1 aromatic carbocycles. The van der Waals surface area contributed by atoms with Crippen LogP contribution >= 0.6 is 0 Å². The number of hydrogen-bond acceptors (Lipinski definition) is 4. The molecule has 1 aliphatic heterocycles. The minimum absolute atomic E-state index is 0.114. The van der Waals surface area contributed by atoms with Crippen molar-refractivity contribution in [2.24, 2.45) is 5.92 Å². The Hall–Kier alpha value is -1.95. The summed E-state index contributed by atoms with van der Waals surface area (Å²) in [7, 11) is 0. The molecular formula is C18H24FN3O2. The lowest BCUT2D eigenvalue weighted by Crippen LogP contribution is -2.51. The molecule has 0 spiro atoms. The van der Waals surface area contributed by atoms with Crippen molar-refractivity contribution in [3.63, 3.8) is 0 Å². The minimum atomic E-state index is -0.381. The van der Waals surface area contributed by atoms with Crippen LogP contribution in [-0.4, -0.2) is 55.9 Å². The Bertz CT molecular complexity index is 623. The first-order valence-corrected chi connectivity index (χ1v) is 8.58. The van der Waals surface area contributed by atoms with E-state index >= 15 is 0 Å². The number of hydrogen-bond donors (Lipinski definition) is 1. The fourth-order valence-corrected chi connectivity index (χ4v) is 3.00.